The average molecular weight is 512 g/mol. The second-order valence-electron chi connectivity index (χ2n) is 10.4. The van der Waals surface area contributed by atoms with Crippen LogP contribution in [0.15, 0.2) is 138 Å². The highest BCUT2D eigenvalue weighted by molar-refractivity contribution is 6.17. The van der Waals surface area contributed by atoms with Crippen molar-refractivity contribution in [1.29, 1.82) is 0 Å². The van der Waals surface area contributed by atoms with Crippen molar-refractivity contribution in [3.05, 3.63) is 139 Å². The molecule has 0 spiro atoms. The van der Waals surface area contributed by atoms with E-state index in [1.54, 1.807) is 0 Å². The van der Waals surface area contributed by atoms with E-state index in [1.165, 1.54) is 38.4 Å². The highest BCUT2D eigenvalue weighted by Gasteiger charge is 2.16. The normalized spacial score (nSPS) is 11.6. The van der Waals surface area contributed by atoms with Crippen molar-refractivity contribution in [2.45, 2.75) is 6.92 Å². The monoisotopic (exact) mass is 511 g/mol. The molecule has 0 atom stereocenters. The predicted octanol–water partition coefficient (Wildman–Crippen LogP) is 10.6. The fourth-order valence-electron chi connectivity index (χ4n) is 6.08. The first-order valence-electron chi connectivity index (χ1n) is 13.6. The van der Waals surface area contributed by atoms with Crippen molar-refractivity contribution >= 4 is 43.5 Å². The number of hydrogen-bond acceptors (Lipinski definition) is 2. The minimum absolute atomic E-state index is 0.877. The third-order valence-electron chi connectivity index (χ3n) is 8.13. The van der Waals surface area contributed by atoms with Crippen LogP contribution in [-0.4, -0.2) is 4.98 Å². The Morgan fingerprint density at radius 1 is 0.475 bits per heavy atom. The molecule has 0 saturated heterocycles. The molecule has 2 aromatic heterocycles. The molecule has 8 aromatic rings. The Morgan fingerprint density at radius 3 is 2.17 bits per heavy atom. The first-order valence-corrected chi connectivity index (χ1v) is 13.6. The minimum atomic E-state index is 0.877. The second kappa shape index (κ2) is 8.93. The Labute approximate surface area is 232 Å². The Bertz CT molecular complexity index is 2220. The fourth-order valence-corrected chi connectivity index (χ4v) is 6.08. The Kier molecular flexibility index (Phi) is 5.08. The summed E-state index contributed by atoms with van der Waals surface area (Å²) < 4.78 is 6.59. The number of pyridine rings is 1. The standard InChI is InChI=1S/C38H25NO/c1-24-30-17-15-27(25-8-3-2-4-9-25)22-28(30)16-18-31(24)29-20-21-39-36(23-29)35-13-7-12-33-34-19-14-26-10-5-6-11-32(26)37(34)40-38(33)35/h2-23H,1H3. The molecular formula is C38H25NO. The van der Waals surface area contributed by atoms with Gasteiger partial charge in [-0.25, -0.2) is 0 Å². The molecule has 0 unspecified atom stereocenters. The van der Waals surface area contributed by atoms with Crippen molar-refractivity contribution in [2.75, 3.05) is 0 Å². The molecule has 2 heterocycles. The first-order chi connectivity index (χ1) is 19.7. The highest BCUT2D eigenvalue weighted by Crippen LogP contribution is 2.39. The molecule has 0 saturated carbocycles. The van der Waals surface area contributed by atoms with Crippen molar-refractivity contribution < 1.29 is 4.42 Å². The summed E-state index contributed by atoms with van der Waals surface area (Å²) in [5.74, 6) is 0. The smallest absolute Gasteiger partial charge is 0.144 e. The van der Waals surface area contributed by atoms with Gasteiger partial charge in [0, 0.05) is 27.9 Å². The van der Waals surface area contributed by atoms with Crippen LogP contribution in [0.25, 0.3) is 77.0 Å². The first kappa shape index (κ1) is 22.7. The van der Waals surface area contributed by atoms with E-state index in [-0.39, 0.29) is 0 Å². The number of hydrogen-bond donors (Lipinski definition) is 0. The predicted molar refractivity (Wildman–Crippen MR) is 168 cm³/mol. The van der Waals surface area contributed by atoms with E-state index in [0.29, 0.717) is 0 Å². The third-order valence-corrected chi connectivity index (χ3v) is 8.13. The fraction of sp³-hybridized carbons (Fsp3) is 0.0263. The van der Waals surface area contributed by atoms with Crippen molar-refractivity contribution in [2.24, 2.45) is 0 Å². The molecule has 40 heavy (non-hydrogen) atoms. The summed E-state index contributed by atoms with van der Waals surface area (Å²) in [6.07, 6.45) is 1.91. The molecule has 0 N–H and O–H groups in total. The maximum Gasteiger partial charge on any atom is 0.144 e. The van der Waals surface area contributed by atoms with E-state index in [1.807, 2.05) is 6.20 Å². The van der Waals surface area contributed by atoms with Gasteiger partial charge in [0.1, 0.15) is 11.2 Å². The van der Waals surface area contributed by atoms with Gasteiger partial charge in [-0.1, -0.05) is 97.1 Å². The molecule has 0 bridgehead atoms. The molecular weight excluding hydrogens is 486 g/mol. The number of benzene rings is 6. The molecule has 0 amide bonds. The zero-order valence-corrected chi connectivity index (χ0v) is 22.1. The number of nitrogens with zero attached hydrogens (tertiary/aromatic N) is 1. The Morgan fingerprint density at radius 2 is 1.25 bits per heavy atom. The van der Waals surface area contributed by atoms with E-state index < -0.39 is 0 Å². The van der Waals surface area contributed by atoms with Crippen molar-refractivity contribution in [1.82, 2.24) is 4.98 Å². The topological polar surface area (TPSA) is 26.0 Å². The van der Waals surface area contributed by atoms with Crippen LogP contribution in [0, 0.1) is 6.92 Å². The summed E-state index contributed by atoms with van der Waals surface area (Å²) in [7, 11) is 0. The maximum atomic E-state index is 6.59. The van der Waals surface area contributed by atoms with Gasteiger partial charge in [0.05, 0.1) is 5.69 Å². The van der Waals surface area contributed by atoms with Crippen LogP contribution in [0.4, 0.5) is 0 Å². The number of para-hydroxylation sites is 1. The van der Waals surface area contributed by atoms with Gasteiger partial charge in [0.2, 0.25) is 0 Å². The van der Waals surface area contributed by atoms with Gasteiger partial charge < -0.3 is 4.42 Å². The summed E-state index contributed by atoms with van der Waals surface area (Å²) in [6.45, 7) is 2.21. The van der Waals surface area contributed by atoms with Gasteiger partial charge in [-0.3, -0.25) is 4.98 Å². The van der Waals surface area contributed by atoms with Crippen LogP contribution in [0.5, 0.6) is 0 Å². The largest absolute Gasteiger partial charge is 0.455 e. The van der Waals surface area contributed by atoms with Gasteiger partial charge in [-0.05, 0) is 81.2 Å². The lowest BCUT2D eigenvalue weighted by molar-refractivity contribution is 0.673. The lowest BCUT2D eigenvalue weighted by atomic mass is 9.93. The van der Waals surface area contributed by atoms with E-state index in [2.05, 4.69) is 134 Å². The quantitative estimate of drug-likeness (QED) is 0.236. The van der Waals surface area contributed by atoms with E-state index >= 15 is 0 Å². The van der Waals surface area contributed by atoms with E-state index in [9.17, 15) is 0 Å². The molecule has 0 aliphatic rings. The molecule has 0 radical (unpaired) electrons. The molecule has 8 rings (SSSR count). The van der Waals surface area contributed by atoms with Gasteiger partial charge in [-0.2, -0.15) is 0 Å². The van der Waals surface area contributed by atoms with Crippen molar-refractivity contribution in [3.63, 3.8) is 0 Å². The second-order valence-corrected chi connectivity index (χ2v) is 10.4. The molecule has 6 aromatic carbocycles. The lowest BCUT2D eigenvalue weighted by Gasteiger charge is -2.12. The SMILES string of the molecule is Cc1c(-c2ccnc(-c3cccc4c3oc3c5ccccc5ccc43)c2)ccc2cc(-c3ccccc3)ccc12. The Hall–Kier alpha value is -5.21. The lowest BCUT2D eigenvalue weighted by Crippen LogP contribution is -1.90. The number of aryl methyl sites for hydroxylation is 1. The minimum Gasteiger partial charge on any atom is -0.455 e. The molecule has 2 nitrogen and oxygen atoms in total. The van der Waals surface area contributed by atoms with Gasteiger partial charge >= 0.3 is 0 Å². The van der Waals surface area contributed by atoms with Crippen LogP contribution in [-0.2, 0) is 0 Å². The number of fused-ring (bicyclic) bond motifs is 6. The number of furan rings is 1. The molecule has 0 fully saturated rings. The zero-order valence-electron chi connectivity index (χ0n) is 22.1. The average Bonchev–Trinajstić information content (AvgIpc) is 3.41. The van der Waals surface area contributed by atoms with Crippen LogP contribution < -0.4 is 0 Å². The van der Waals surface area contributed by atoms with E-state index in [4.69, 9.17) is 9.40 Å². The third kappa shape index (κ3) is 3.54. The highest BCUT2D eigenvalue weighted by atomic mass is 16.3. The van der Waals surface area contributed by atoms with Gasteiger partial charge in [-0.15, -0.1) is 0 Å². The summed E-state index contributed by atoms with van der Waals surface area (Å²) in [6, 6.07) is 45.1. The van der Waals surface area contributed by atoms with Crippen LogP contribution in [0.2, 0.25) is 0 Å². The van der Waals surface area contributed by atoms with Crippen LogP contribution in [0.3, 0.4) is 0 Å². The number of aromatic nitrogens is 1. The molecule has 0 aliphatic heterocycles. The van der Waals surface area contributed by atoms with Crippen molar-refractivity contribution in [3.8, 4) is 33.5 Å². The summed E-state index contributed by atoms with van der Waals surface area (Å²) in [5, 5.41) is 7.07. The molecule has 2 heteroatoms. The number of rotatable bonds is 3. The summed E-state index contributed by atoms with van der Waals surface area (Å²) in [4.78, 5) is 4.79. The zero-order chi connectivity index (χ0) is 26.6. The van der Waals surface area contributed by atoms with Crippen LogP contribution in [0.1, 0.15) is 5.56 Å². The maximum absolute atomic E-state index is 6.59. The summed E-state index contributed by atoms with van der Waals surface area (Å²) >= 11 is 0. The van der Waals surface area contributed by atoms with Gasteiger partial charge in [0.25, 0.3) is 0 Å². The molecule has 0 aliphatic carbocycles. The van der Waals surface area contributed by atoms with E-state index in [0.717, 1.165) is 44.1 Å². The van der Waals surface area contributed by atoms with Crippen LogP contribution >= 0.6 is 0 Å². The Balaban J connectivity index is 1.25. The molecule has 188 valence electrons. The summed E-state index contributed by atoms with van der Waals surface area (Å²) in [5.41, 5.74) is 9.81. The van der Waals surface area contributed by atoms with Gasteiger partial charge in [0.15, 0.2) is 0 Å².